The van der Waals surface area contributed by atoms with Crippen molar-refractivity contribution in [3.05, 3.63) is 17.0 Å². The number of tetrazole rings is 1. The molecule has 1 atom stereocenters. The fourth-order valence-corrected chi connectivity index (χ4v) is 2.05. The van der Waals surface area contributed by atoms with Crippen LogP contribution in [0.25, 0.3) is 11.4 Å². The molecular formula is C10H11BrN4O3. The number of halogens is 1. The molecule has 1 unspecified atom stereocenters. The van der Waals surface area contributed by atoms with Crippen molar-refractivity contribution >= 4 is 21.9 Å². The molecule has 0 bridgehead atoms. The predicted octanol–water partition coefficient (Wildman–Crippen LogP) is 1.81. The molecular weight excluding hydrogens is 304 g/mol. The van der Waals surface area contributed by atoms with Gasteiger partial charge in [0.25, 0.3) is 0 Å². The number of carbonyl (C=O) groups is 1. The Labute approximate surface area is 111 Å². The van der Waals surface area contributed by atoms with E-state index in [1.54, 1.807) is 10.7 Å². The molecule has 1 N–H and O–H groups in total. The summed E-state index contributed by atoms with van der Waals surface area (Å²) in [5.74, 6) is -0.343. The normalized spacial score (nSPS) is 12.6. The first kappa shape index (κ1) is 12.7. The topological polar surface area (TPSA) is 94.0 Å². The third-order valence-corrected chi connectivity index (χ3v) is 3.01. The van der Waals surface area contributed by atoms with E-state index in [1.165, 1.54) is 6.26 Å². The van der Waals surface area contributed by atoms with Gasteiger partial charge in [-0.15, -0.1) is 5.10 Å². The second-order valence-corrected chi connectivity index (χ2v) is 4.72. The number of carboxylic acids is 1. The van der Waals surface area contributed by atoms with Crippen molar-refractivity contribution in [2.45, 2.75) is 19.9 Å². The van der Waals surface area contributed by atoms with Gasteiger partial charge < -0.3 is 9.52 Å². The molecule has 2 aromatic heterocycles. The molecule has 2 heterocycles. The molecule has 96 valence electrons. The Balaban J connectivity index is 2.18. The van der Waals surface area contributed by atoms with Crippen molar-refractivity contribution in [3.63, 3.8) is 0 Å². The number of hydrogen-bond donors (Lipinski definition) is 1. The monoisotopic (exact) mass is 314 g/mol. The molecule has 8 heteroatoms. The number of rotatable bonds is 5. The largest absolute Gasteiger partial charge is 0.481 e. The Kier molecular flexibility index (Phi) is 3.75. The molecule has 0 amide bonds. The summed E-state index contributed by atoms with van der Waals surface area (Å²) in [5, 5.41) is 20.1. The van der Waals surface area contributed by atoms with Crippen molar-refractivity contribution in [1.29, 1.82) is 0 Å². The first-order chi connectivity index (χ1) is 8.58. The maximum Gasteiger partial charge on any atom is 0.303 e. The molecule has 0 fully saturated rings. The number of hydrogen-bond acceptors (Lipinski definition) is 5. The zero-order chi connectivity index (χ0) is 13.1. The zero-order valence-electron chi connectivity index (χ0n) is 9.58. The van der Waals surface area contributed by atoms with Gasteiger partial charge in [0.2, 0.25) is 0 Å². The summed E-state index contributed by atoms with van der Waals surface area (Å²) in [7, 11) is 0. The third kappa shape index (κ3) is 2.76. The van der Waals surface area contributed by atoms with Crippen LogP contribution in [0, 0.1) is 5.92 Å². The second kappa shape index (κ2) is 5.30. The maximum absolute atomic E-state index is 10.6. The third-order valence-electron chi connectivity index (χ3n) is 2.40. The van der Waals surface area contributed by atoms with Crippen LogP contribution < -0.4 is 0 Å². The lowest BCUT2D eigenvalue weighted by Crippen LogP contribution is -2.14. The van der Waals surface area contributed by atoms with Crippen molar-refractivity contribution in [2.75, 3.05) is 0 Å². The van der Waals surface area contributed by atoms with Crippen LogP contribution in [-0.4, -0.2) is 31.3 Å². The van der Waals surface area contributed by atoms with Crippen molar-refractivity contribution in [1.82, 2.24) is 20.2 Å². The standard InChI is InChI=1S/C10H11BrN4O3/c1-6(4-8(16)17)5-15-10(12-13-14-15)7-2-3-18-9(7)11/h2-3,6H,4-5H2,1H3,(H,16,17). The van der Waals surface area contributed by atoms with E-state index in [4.69, 9.17) is 9.52 Å². The van der Waals surface area contributed by atoms with E-state index in [0.29, 0.717) is 17.0 Å². The predicted molar refractivity (Wildman–Crippen MR) is 64.6 cm³/mol. The first-order valence-electron chi connectivity index (χ1n) is 5.29. The average Bonchev–Trinajstić information content (AvgIpc) is 2.85. The van der Waals surface area contributed by atoms with Crippen molar-refractivity contribution in [3.8, 4) is 11.4 Å². The number of aliphatic carboxylic acids is 1. The van der Waals surface area contributed by atoms with E-state index in [-0.39, 0.29) is 12.3 Å². The SMILES string of the molecule is CC(CC(=O)O)Cn1nnnc1-c1ccoc1Br. The van der Waals surface area contributed by atoms with Gasteiger partial charge in [-0.1, -0.05) is 6.92 Å². The Bertz CT molecular complexity index is 551. The molecule has 0 aliphatic heterocycles. The Morgan fingerprint density at radius 3 is 3.06 bits per heavy atom. The summed E-state index contributed by atoms with van der Waals surface area (Å²) < 4.78 is 7.24. The highest BCUT2D eigenvalue weighted by molar-refractivity contribution is 9.10. The van der Waals surface area contributed by atoms with Gasteiger partial charge in [0.15, 0.2) is 10.5 Å². The number of furan rings is 1. The van der Waals surface area contributed by atoms with Crippen LogP contribution in [-0.2, 0) is 11.3 Å². The van der Waals surface area contributed by atoms with Crippen molar-refractivity contribution in [2.24, 2.45) is 5.92 Å². The molecule has 0 saturated carbocycles. The highest BCUT2D eigenvalue weighted by atomic mass is 79.9. The van der Waals surface area contributed by atoms with Gasteiger partial charge in [0, 0.05) is 13.0 Å². The molecule has 2 aromatic rings. The van der Waals surface area contributed by atoms with Gasteiger partial charge in [-0.2, -0.15) is 0 Å². The molecule has 0 aliphatic carbocycles. The maximum atomic E-state index is 10.6. The lowest BCUT2D eigenvalue weighted by atomic mass is 10.1. The van der Waals surface area contributed by atoms with Gasteiger partial charge in [0.1, 0.15) is 0 Å². The quantitative estimate of drug-likeness (QED) is 0.904. The highest BCUT2D eigenvalue weighted by Crippen LogP contribution is 2.27. The fraction of sp³-hybridized carbons (Fsp3) is 0.400. The molecule has 0 aliphatic rings. The van der Waals surface area contributed by atoms with E-state index in [0.717, 1.165) is 5.56 Å². The minimum absolute atomic E-state index is 0.0598. The van der Waals surface area contributed by atoms with Crippen LogP contribution in [0.5, 0.6) is 0 Å². The molecule has 0 aromatic carbocycles. The van der Waals surface area contributed by atoms with E-state index in [2.05, 4.69) is 31.5 Å². The van der Waals surface area contributed by atoms with Gasteiger partial charge in [-0.3, -0.25) is 4.79 Å². The molecule has 7 nitrogen and oxygen atoms in total. The Hall–Kier alpha value is -1.70. The van der Waals surface area contributed by atoms with Gasteiger partial charge >= 0.3 is 5.97 Å². The summed E-state index contributed by atoms with van der Waals surface area (Å²) in [6.45, 7) is 2.27. The minimum atomic E-state index is -0.832. The van der Waals surface area contributed by atoms with Crippen LogP contribution in [0.1, 0.15) is 13.3 Å². The molecule has 0 saturated heterocycles. The van der Waals surface area contributed by atoms with Crippen LogP contribution in [0.4, 0.5) is 0 Å². The van der Waals surface area contributed by atoms with Crippen LogP contribution >= 0.6 is 15.9 Å². The number of carboxylic acid groups (broad SMARTS) is 1. The lowest BCUT2D eigenvalue weighted by Gasteiger charge is -2.09. The van der Waals surface area contributed by atoms with E-state index >= 15 is 0 Å². The van der Waals surface area contributed by atoms with Crippen LogP contribution in [0.15, 0.2) is 21.4 Å². The highest BCUT2D eigenvalue weighted by Gasteiger charge is 2.17. The van der Waals surface area contributed by atoms with E-state index in [9.17, 15) is 4.79 Å². The molecule has 0 radical (unpaired) electrons. The summed E-state index contributed by atoms with van der Waals surface area (Å²) in [6.07, 6.45) is 1.60. The summed E-state index contributed by atoms with van der Waals surface area (Å²) in [5.41, 5.74) is 0.738. The Morgan fingerprint density at radius 2 is 2.44 bits per heavy atom. The molecule has 0 spiro atoms. The fourth-order valence-electron chi connectivity index (χ4n) is 1.63. The zero-order valence-corrected chi connectivity index (χ0v) is 11.2. The van der Waals surface area contributed by atoms with Crippen LogP contribution in [0.3, 0.4) is 0 Å². The van der Waals surface area contributed by atoms with E-state index < -0.39 is 5.97 Å². The lowest BCUT2D eigenvalue weighted by molar-refractivity contribution is -0.138. The van der Waals surface area contributed by atoms with Gasteiger partial charge in [0.05, 0.1) is 11.8 Å². The van der Waals surface area contributed by atoms with Crippen LogP contribution in [0.2, 0.25) is 0 Å². The second-order valence-electron chi connectivity index (χ2n) is 4.00. The summed E-state index contributed by atoms with van der Waals surface area (Å²) in [4.78, 5) is 10.6. The summed E-state index contributed by atoms with van der Waals surface area (Å²) >= 11 is 3.26. The average molecular weight is 315 g/mol. The molecule has 18 heavy (non-hydrogen) atoms. The Morgan fingerprint density at radius 1 is 1.67 bits per heavy atom. The van der Waals surface area contributed by atoms with Crippen molar-refractivity contribution < 1.29 is 14.3 Å². The summed E-state index contributed by atoms with van der Waals surface area (Å²) in [6, 6.07) is 1.74. The number of nitrogens with zero attached hydrogens (tertiary/aromatic N) is 4. The molecule has 2 rings (SSSR count). The van der Waals surface area contributed by atoms with Gasteiger partial charge in [-0.25, -0.2) is 4.68 Å². The van der Waals surface area contributed by atoms with E-state index in [1.807, 2.05) is 6.92 Å². The number of aromatic nitrogens is 4. The smallest absolute Gasteiger partial charge is 0.303 e. The minimum Gasteiger partial charge on any atom is -0.481 e. The first-order valence-corrected chi connectivity index (χ1v) is 6.08. The van der Waals surface area contributed by atoms with Gasteiger partial charge in [-0.05, 0) is 38.3 Å².